The Morgan fingerprint density at radius 1 is 1.69 bits per heavy atom. The van der Waals surface area contributed by atoms with Gasteiger partial charge in [0.05, 0.1) is 0 Å². The van der Waals surface area contributed by atoms with Crippen molar-refractivity contribution in [3.8, 4) is 0 Å². The van der Waals surface area contributed by atoms with Crippen molar-refractivity contribution in [2.45, 2.75) is 13.3 Å². The first-order chi connectivity index (χ1) is 6.31. The fourth-order valence-electron chi connectivity index (χ4n) is 1.35. The number of nitrogens with one attached hydrogen (secondary N) is 1. The number of anilines is 1. The summed E-state index contributed by atoms with van der Waals surface area (Å²) in [5, 5.41) is 2.76. The Morgan fingerprint density at radius 3 is 3.31 bits per heavy atom. The first-order valence-electron chi connectivity index (χ1n) is 4.18. The molecule has 0 bridgehead atoms. The van der Waals surface area contributed by atoms with E-state index in [2.05, 4.69) is 23.3 Å². The van der Waals surface area contributed by atoms with Crippen LogP contribution in [0.1, 0.15) is 12.5 Å². The SMILES string of the molecule is CC[I-]c1ccnc2c1CC(=O)N2. The predicted octanol–water partition coefficient (Wildman–Crippen LogP) is -2.15. The number of carbonyl (C=O) groups is 1. The fourth-order valence-corrected chi connectivity index (χ4v) is 3.49. The number of pyridine rings is 1. The molecule has 2 rings (SSSR count). The molecule has 70 valence electrons. The van der Waals surface area contributed by atoms with E-state index in [1.54, 1.807) is 6.20 Å². The third kappa shape index (κ3) is 1.67. The van der Waals surface area contributed by atoms with Gasteiger partial charge in [0, 0.05) is 0 Å². The quantitative estimate of drug-likeness (QED) is 0.498. The van der Waals surface area contributed by atoms with Crippen LogP contribution in [0.5, 0.6) is 0 Å². The maximum atomic E-state index is 11.1. The average Bonchev–Trinajstić information content (AvgIpc) is 2.47. The molecule has 2 heterocycles. The first-order valence-corrected chi connectivity index (χ1v) is 6.78. The van der Waals surface area contributed by atoms with E-state index in [0.29, 0.717) is 6.42 Å². The number of rotatable bonds is 2. The molecular weight excluding hydrogens is 279 g/mol. The number of fused-ring (bicyclic) bond motifs is 1. The molecule has 0 aromatic carbocycles. The zero-order valence-electron chi connectivity index (χ0n) is 7.30. The van der Waals surface area contributed by atoms with E-state index in [4.69, 9.17) is 0 Å². The zero-order valence-corrected chi connectivity index (χ0v) is 9.46. The van der Waals surface area contributed by atoms with Crippen LogP contribution >= 0.6 is 0 Å². The minimum absolute atomic E-state index is 0.0734. The Hall–Kier alpha value is -0.650. The molecule has 1 aromatic heterocycles. The van der Waals surface area contributed by atoms with Gasteiger partial charge in [-0.3, -0.25) is 0 Å². The van der Waals surface area contributed by atoms with Crippen LogP contribution in [0, 0.1) is 3.57 Å². The van der Waals surface area contributed by atoms with Crippen LogP contribution in [0.3, 0.4) is 0 Å². The molecule has 4 heteroatoms. The summed E-state index contributed by atoms with van der Waals surface area (Å²) in [7, 11) is 0. The molecule has 13 heavy (non-hydrogen) atoms. The molecule has 0 aliphatic carbocycles. The van der Waals surface area contributed by atoms with Crippen LogP contribution in [-0.2, 0) is 11.2 Å². The van der Waals surface area contributed by atoms with Crippen molar-refractivity contribution >= 4 is 11.7 Å². The fraction of sp³-hybridized carbons (Fsp3) is 0.333. The Morgan fingerprint density at radius 2 is 2.54 bits per heavy atom. The third-order valence-electron chi connectivity index (χ3n) is 1.87. The van der Waals surface area contributed by atoms with E-state index in [0.717, 1.165) is 11.4 Å². The molecule has 0 radical (unpaired) electrons. The Bertz CT molecular complexity index is 351. The molecule has 0 spiro atoms. The molecule has 0 atom stereocenters. The average molecular weight is 289 g/mol. The van der Waals surface area contributed by atoms with Crippen LogP contribution < -0.4 is 26.5 Å². The molecule has 1 aliphatic heterocycles. The summed E-state index contributed by atoms with van der Waals surface area (Å²) in [5.74, 6) is 0.866. The molecule has 0 fully saturated rings. The first kappa shape index (κ1) is 8.93. The van der Waals surface area contributed by atoms with Gasteiger partial charge in [-0.1, -0.05) is 0 Å². The number of carbonyl (C=O) groups excluding carboxylic acids is 1. The monoisotopic (exact) mass is 289 g/mol. The summed E-state index contributed by atoms with van der Waals surface area (Å²) in [6.07, 6.45) is 2.31. The number of aromatic nitrogens is 1. The molecule has 1 amide bonds. The second-order valence-corrected chi connectivity index (χ2v) is 6.20. The predicted molar refractivity (Wildman–Crippen MR) is 45.8 cm³/mol. The van der Waals surface area contributed by atoms with Gasteiger partial charge in [0.15, 0.2) is 0 Å². The van der Waals surface area contributed by atoms with Gasteiger partial charge in [0.25, 0.3) is 0 Å². The van der Waals surface area contributed by atoms with Crippen molar-refractivity contribution in [3.05, 3.63) is 21.4 Å². The number of hydrogen-bond acceptors (Lipinski definition) is 2. The van der Waals surface area contributed by atoms with Crippen molar-refractivity contribution in [3.63, 3.8) is 0 Å². The van der Waals surface area contributed by atoms with Crippen LogP contribution in [0.2, 0.25) is 0 Å². The van der Waals surface area contributed by atoms with E-state index in [1.807, 2.05) is 0 Å². The van der Waals surface area contributed by atoms with Gasteiger partial charge in [-0.25, -0.2) is 0 Å². The summed E-state index contributed by atoms with van der Waals surface area (Å²) in [6, 6.07) is 2.05. The van der Waals surface area contributed by atoms with E-state index >= 15 is 0 Å². The summed E-state index contributed by atoms with van der Waals surface area (Å²) in [4.78, 5) is 15.3. The minimum atomic E-state index is 0.0734. The zero-order chi connectivity index (χ0) is 9.26. The number of alkyl halides is 1. The number of nitrogens with zero attached hydrogens (tertiary/aromatic N) is 1. The van der Waals surface area contributed by atoms with E-state index in [1.165, 1.54) is 8.00 Å². The van der Waals surface area contributed by atoms with E-state index < -0.39 is 0 Å². The molecule has 0 saturated heterocycles. The van der Waals surface area contributed by atoms with Crippen LogP contribution in [0.25, 0.3) is 0 Å². The molecule has 1 N–H and O–H groups in total. The number of amides is 1. The molecule has 0 unspecified atom stereocenters. The Labute approximate surface area is 87.2 Å². The van der Waals surface area contributed by atoms with Gasteiger partial charge in [0.1, 0.15) is 0 Å². The summed E-state index contributed by atoms with van der Waals surface area (Å²) >= 11 is 0.0734. The van der Waals surface area contributed by atoms with E-state index in [9.17, 15) is 4.79 Å². The van der Waals surface area contributed by atoms with Crippen molar-refractivity contribution in [1.82, 2.24) is 4.98 Å². The van der Waals surface area contributed by atoms with Gasteiger partial charge in [-0.15, -0.1) is 0 Å². The van der Waals surface area contributed by atoms with Crippen molar-refractivity contribution in [1.29, 1.82) is 0 Å². The molecule has 1 aliphatic rings. The van der Waals surface area contributed by atoms with Gasteiger partial charge >= 0.3 is 87.2 Å². The molecule has 1 aromatic rings. The Balaban J connectivity index is 2.39. The maximum absolute atomic E-state index is 11.1. The topological polar surface area (TPSA) is 42.0 Å². The number of hydrogen-bond donors (Lipinski definition) is 1. The summed E-state index contributed by atoms with van der Waals surface area (Å²) in [5.41, 5.74) is 1.14. The van der Waals surface area contributed by atoms with Gasteiger partial charge in [0.2, 0.25) is 0 Å². The molecular formula is C9H10IN2O-. The normalized spacial score (nSPS) is 14.4. The molecule has 3 nitrogen and oxygen atoms in total. The molecule has 0 saturated carbocycles. The summed E-state index contributed by atoms with van der Waals surface area (Å²) in [6.45, 7) is 2.18. The summed E-state index contributed by atoms with van der Waals surface area (Å²) < 4.78 is 2.58. The van der Waals surface area contributed by atoms with Crippen molar-refractivity contribution < 1.29 is 26.0 Å². The standard InChI is InChI=1S/C9H10IN2O/c1-2-10-7-3-4-11-9-6(7)5-8(13)12-9/h3-4H,2,5H2,1H3,(H,11,12,13)/q-1. The second-order valence-electron chi connectivity index (χ2n) is 2.75. The van der Waals surface area contributed by atoms with Crippen LogP contribution in [-0.4, -0.2) is 15.3 Å². The van der Waals surface area contributed by atoms with Crippen LogP contribution in [0.4, 0.5) is 5.82 Å². The number of halogens is 1. The third-order valence-corrected chi connectivity index (χ3v) is 4.47. The van der Waals surface area contributed by atoms with Crippen molar-refractivity contribution in [2.24, 2.45) is 0 Å². The van der Waals surface area contributed by atoms with Gasteiger partial charge in [-0.2, -0.15) is 0 Å². The van der Waals surface area contributed by atoms with Gasteiger partial charge < -0.3 is 0 Å². The Kier molecular flexibility index (Phi) is 2.48. The van der Waals surface area contributed by atoms with Crippen molar-refractivity contribution in [2.75, 3.05) is 9.74 Å². The van der Waals surface area contributed by atoms with E-state index in [-0.39, 0.29) is 27.1 Å². The second kappa shape index (κ2) is 3.61. The van der Waals surface area contributed by atoms with Crippen LogP contribution in [0.15, 0.2) is 12.3 Å². The van der Waals surface area contributed by atoms with Gasteiger partial charge in [-0.05, 0) is 0 Å².